The lowest BCUT2D eigenvalue weighted by Crippen LogP contribution is -2.23. The Labute approximate surface area is 141 Å². The molecule has 1 N–H and O–H groups in total. The molecule has 0 aliphatic rings. The van der Waals surface area contributed by atoms with Crippen LogP contribution in [0, 0.1) is 11.8 Å². The molecule has 0 saturated carbocycles. The lowest BCUT2D eigenvalue weighted by atomic mass is 10.2. The minimum absolute atomic E-state index is 0.0794. The number of amides is 1. The maximum absolute atomic E-state index is 12.0. The Kier molecular flexibility index (Phi) is 6.23. The fourth-order valence-electron chi connectivity index (χ4n) is 1.70. The summed E-state index contributed by atoms with van der Waals surface area (Å²) in [5, 5.41) is 2.52. The second kappa shape index (κ2) is 8.59. The van der Waals surface area contributed by atoms with E-state index in [-0.39, 0.29) is 18.7 Å². The van der Waals surface area contributed by atoms with Crippen LogP contribution in [0.4, 0.5) is 13.2 Å². The van der Waals surface area contributed by atoms with Crippen molar-refractivity contribution in [2.24, 2.45) is 0 Å². The number of carbonyl (C=O) groups excluding carboxylic acids is 1. The van der Waals surface area contributed by atoms with E-state index in [2.05, 4.69) is 26.9 Å². The van der Waals surface area contributed by atoms with Crippen molar-refractivity contribution in [2.45, 2.75) is 6.36 Å². The SMILES string of the molecule is O=C(NCC#CCOc1cccnc1)c1ccc(OC(F)(F)F)cc1. The highest BCUT2D eigenvalue weighted by atomic mass is 19.4. The molecule has 0 aliphatic carbocycles. The zero-order valence-corrected chi connectivity index (χ0v) is 12.8. The van der Waals surface area contributed by atoms with Gasteiger partial charge in [0.25, 0.3) is 5.91 Å². The number of hydrogen-bond acceptors (Lipinski definition) is 4. The molecular formula is C17H13F3N2O3. The Hall–Kier alpha value is -3.21. The maximum Gasteiger partial charge on any atom is 0.573 e. The van der Waals surface area contributed by atoms with E-state index >= 15 is 0 Å². The van der Waals surface area contributed by atoms with Crippen molar-refractivity contribution in [2.75, 3.05) is 13.2 Å². The number of pyridine rings is 1. The molecule has 0 fully saturated rings. The second-order valence-electron chi connectivity index (χ2n) is 4.59. The van der Waals surface area contributed by atoms with E-state index in [0.717, 1.165) is 12.1 Å². The first-order valence-corrected chi connectivity index (χ1v) is 7.06. The third-order valence-electron chi connectivity index (χ3n) is 2.76. The number of carbonyl (C=O) groups is 1. The predicted octanol–water partition coefficient (Wildman–Crippen LogP) is 2.79. The predicted molar refractivity (Wildman–Crippen MR) is 83.0 cm³/mol. The molecule has 1 amide bonds. The first-order chi connectivity index (χ1) is 11.9. The molecule has 2 rings (SSSR count). The maximum atomic E-state index is 12.0. The van der Waals surface area contributed by atoms with Gasteiger partial charge in [0.2, 0.25) is 0 Å². The fraction of sp³-hybridized carbons (Fsp3) is 0.176. The highest BCUT2D eigenvalue weighted by Gasteiger charge is 2.31. The van der Waals surface area contributed by atoms with Crippen LogP contribution in [0.3, 0.4) is 0 Å². The van der Waals surface area contributed by atoms with Gasteiger partial charge in [0, 0.05) is 11.8 Å². The van der Waals surface area contributed by atoms with Crippen LogP contribution in [-0.2, 0) is 0 Å². The number of halogens is 3. The molecule has 5 nitrogen and oxygen atoms in total. The Morgan fingerprint density at radius 3 is 2.52 bits per heavy atom. The van der Waals surface area contributed by atoms with Gasteiger partial charge in [-0.2, -0.15) is 0 Å². The van der Waals surface area contributed by atoms with Crippen LogP contribution in [0.5, 0.6) is 11.5 Å². The van der Waals surface area contributed by atoms with Gasteiger partial charge in [-0.05, 0) is 36.4 Å². The van der Waals surface area contributed by atoms with Crippen LogP contribution in [0.15, 0.2) is 48.8 Å². The van der Waals surface area contributed by atoms with Gasteiger partial charge in [-0.1, -0.05) is 11.8 Å². The fourth-order valence-corrected chi connectivity index (χ4v) is 1.70. The summed E-state index contributed by atoms with van der Waals surface area (Å²) in [6.07, 6.45) is -1.59. The summed E-state index contributed by atoms with van der Waals surface area (Å²) in [4.78, 5) is 15.7. The number of alkyl halides is 3. The molecule has 0 atom stereocenters. The van der Waals surface area contributed by atoms with Crippen molar-refractivity contribution in [3.8, 4) is 23.3 Å². The third kappa shape index (κ3) is 6.83. The summed E-state index contributed by atoms with van der Waals surface area (Å²) < 4.78 is 45.2. The molecular weight excluding hydrogens is 337 g/mol. The smallest absolute Gasteiger partial charge is 0.479 e. The molecule has 25 heavy (non-hydrogen) atoms. The topological polar surface area (TPSA) is 60.5 Å². The highest BCUT2D eigenvalue weighted by Crippen LogP contribution is 2.22. The monoisotopic (exact) mass is 350 g/mol. The van der Waals surface area contributed by atoms with Gasteiger partial charge in [-0.25, -0.2) is 0 Å². The van der Waals surface area contributed by atoms with Crippen LogP contribution in [-0.4, -0.2) is 30.4 Å². The lowest BCUT2D eigenvalue weighted by molar-refractivity contribution is -0.274. The highest BCUT2D eigenvalue weighted by molar-refractivity contribution is 5.94. The molecule has 0 bridgehead atoms. The van der Waals surface area contributed by atoms with Crippen LogP contribution in [0.25, 0.3) is 0 Å². The summed E-state index contributed by atoms with van der Waals surface area (Å²) in [5.41, 5.74) is 0.197. The van der Waals surface area contributed by atoms with Gasteiger partial charge in [0.15, 0.2) is 0 Å². The molecule has 0 spiro atoms. The Bertz CT molecular complexity index is 751. The molecule has 1 aromatic carbocycles. The van der Waals surface area contributed by atoms with Crippen molar-refractivity contribution >= 4 is 5.91 Å². The van der Waals surface area contributed by atoms with E-state index in [4.69, 9.17) is 4.74 Å². The van der Waals surface area contributed by atoms with Crippen molar-refractivity contribution in [1.29, 1.82) is 0 Å². The minimum atomic E-state index is -4.77. The van der Waals surface area contributed by atoms with E-state index in [9.17, 15) is 18.0 Å². The number of aromatic nitrogens is 1. The van der Waals surface area contributed by atoms with Gasteiger partial charge in [0.1, 0.15) is 18.1 Å². The molecule has 0 aliphatic heterocycles. The van der Waals surface area contributed by atoms with Crippen LogP contribution >= 0.6 is 0 Å². The summed E-state index contributed by atoms with van der Waals surface area (Å²) in [7, 11) is 0. The zero-order chi connectivity index (χ0) is 18.1. The lowest BCUT2D eigenvalue weighted by Gasteiger charge is -2.09. The zero-order valence-electron chi connectivity index (χ0n) is 12.8. The normalized spacial score (nSPS) is 10.4. The van der Waals surface area contributed by atoms with Crippen molar-refractivity contribution in [3.63, 3.8) is 0 Å². The van der Waals surface area contributed by atoms with Crippen LogP contribution in [0.2, 0.25) is 0 Å². The molecule has 8 heteroatoms. The Balaban J connectivity index is 1.74. The van der Waals surface area contributed by atoms with E-state index in [0.29, 0.717) is 5.75 Å². The van der Waals surface area contributed by atoms with Crippen molar-refractivity contribution < 1.29 is 27.4 Å². The average molecular weight is 350 g/mol. The molecule has 0 saturated heterocycles. The van der Waals surface area contributed by atoms with E-state index in [1.165, 1.54) is 12.1 Å². The van der Waals surface area contributed by atoms with E-state index < -0.39 is 18.0 Å². The van der Waals surface area contributed by atoms with Gasteiger partial charge < -0.3 is 14.8 Å². The largest absolute Gasteiger partial charge is 0.573 e. The summed E-state index contributed by atoms with van der Waals surface area (Å²) in [6.45, 7) is 0.223. The summed E-state index contributed by atoms with van der Waals surface area (Å²) in [6, 6.07) is 8.06. The molecule has 1 aromatic heterocycles. The number of ether oxygens (including phenoxy) is 2. The molecule has 0 radical (unpaired) electrons. The van der Waals surface area contributed by atoms with Gasteiger partial charge in [-0.15, -0.1) is 13.2 Å². The number of hydrogen-bond donors (Lipinski definition) is 1. The minimum Gasteiger partial charge on any atom is -0.479 e. The standard InChI is InChI=1S/C17H13F3N2O3/c18-17(19,20)25-14-7-5-13(6-8-14)16(23)22-10-1-2-11-24-15-4-3-9-21-12-15/h3-9,12H,10-11H2,(H,22,23). The van der Waals surface area contributed by atoms with Gasteiger partial charge >= 0.3 is 6.36 Å². The number of benzene rings is 1. The second-order valence-corrected chi connectivity index (χ2v) is 4.59. The van der Waals surface area contributed by atoms with Gasteiger partial charge in [-0.3, -0.25) is 9.78 Å². The molecule has 130 valence electrons. The number of nitrogens with zero attached hydrogens (tertiary/aromatic N) is 1. The average Bonchev–Trinajstić information content (AvgIpc) is 2.58. The third-order valence-corrected chi connectivity index (χ3v) is 2.76. The molecule has 0 unspecified atom stereocenters. The van der Waals surface area contributed by atoms with E-state index in [1.54, 1.807) is 24.5 Å². The Morgan fingerprint density at radius 2 is 1.88 bits per heavy atom. The number of nitrogens with one attached hydrogen (secondary N) is 1. The summed E-state index contributed by atoms with van der Waals surface area (Å²) in [5.74, 6) is 5.15. The van der Waals surface area contributed by atoms with Crippen LogP contribution in [0.1, 0.15) is 10.4 Å². The van der Waals surface area contributed by atoms with E-state index in [1.807, 2.05) is 0 Å². The summed E-state index contributed by atoms with van der Waals surface area (Å²) >= 11 is 0. The first-order valence-electron chi connectivity index (χ1n) is 7.06. The molecule has 1 heterocycles. The van der Waals surface area contributed by atoms with Crippen molar-refractivity contribution in [1.82, 2.24) is 10.3 Å². The van der Waals surface area contributed by atoms with Crippen LogP contribution < -0.4 is 14.8 Å². The van der Waals surface area contributed by atoms with Gasteiger partial charge in [0.05, 0.1) is 12.7 Å². The van der Waals surface area contributed by atoms with Crippen molar-refractivity contribution in [3.05, 3.63) is 54.4 Å². The molecule has 2 aromatic rings. The number of rotatable bonds is 5. The quantitative estimate of drug-likeness (QED) is 0.843. The Morgan fingerprint density at radius 1 is 1.12 bits per heavy atom. The first kappa shape index (κ1) is 18.1.